The van der Waals surface area contributed by atoms with E-state index in [2.05, 4.69) is 19.2 Å². The molecule has 0 spiro atoms. The number of rotatable bonds is 4. The Labute approximate surface area is 97.4 Å². The SMILES string of the molecule is CCC(C)C1CN(CC(F)F)C(C)CCN1. The normalized spacial score (nSPS) is 30.4. The number of nitrogens with zero attached hydrogens (tertiary/aromatic N) is 1. The summed E-state index contributed by atoms with van der Waals surface area (Å²) in [5.74, 6) is 0.547. The van der Waals surface area contributed by atoms with Crippen LogP contribution in [0.15, 0.2) is 0 Å². The fourth-order valence-electron chi connectivity index (χ4n) is 2.25. The molecular formula is C12H24F2N2. The molecule has 1 N–H and O–H groups in total. The van der Waals surface area contributed by atoms with Crippen molar-refractivity contribution in [2.24, 2.45) is 5.92 Å². The van der Waals surface area contributed by atoms with E-state index in [-0.39, 0.29) is 12.6 Å². The monoisotopic (exact) mass is 234 g/mol. The lowest BCUT2D eigenvalue weighted by atomic mass is 9.99. The molecule has 0 amide bonds. The second kappa shape index (κ2) is 6.50. The summed E-state index contributed by atoms with van der Waals surface area (Å²) in [5.41, 5.74) is 0. The zero-order valence-corrected chi connectivity index (χ0v) is 10.5. The topological polar surface area (TPSA) is 15.3 Å². The van der Waals surface area contributed by atoms with Crippen LogP contribution in [-0.2, 0) is 0 Å². The van der Waals surface area contributed by atoms with Gasteiger partial charge >= 0.3 is 0 Å². The molecule has 4 heteroatoms. The number of nitrogens with one attached hydrogen (secondary N) is 1. The van der Waals surface area contributed by atoms with Gasteiger partial charge in [0.2, 0.25) is 0 Å². The Morgan fingerprint density at radius 2 is 2.12 bits per heavy atom. The van der Waals surface area contributed by atoms with E-state index in [9.17, 15) is 8.78 Å². The van der Waals surface area contributed by atoms with E-state index >= 15 is 0 Å². The van der Waals surface area contributed by atoms with Gasteiger partial charge in [0.25, 0.3) is 6.43 Å². The minimum absolute atomic E-state index is 0.0875. The summed E-state index contributed by atoms with van der Waals surface area (Å²) >= 11 is 0. The molecule has 96 valence electrons. The second-order valence-electron chi connectivity index (χ2n) is 4.93. The van der Waals surface area contributed by atoms with Gasteiger partial charge in [-0.3, -0.25) is 4.90 Å². The van der Waals surface area contributed by atoms with Crippen LogP contribution in [0.2, 0.25) is 0 Å². The third-order valence-corrected chi connectivity index (χ3v) is 3.73. The summed E-state index contributed by atoms with van der Waals surface area (Å²) in [7, 11) is 0. The van der Waals surface area contributed by atoms with Gasteiger partial charge in [-0.05, 0) is 25.8 Å². The standard InChI is InChI=1S/C12H24F2N2/c1-4-9(2)11-7-16(8-12(13)14)10(3)5-6-15-11/h9-12,15H,4-8H2,1-3H3. The van der Waals surface area contributed by atoms with Gasteiger partial charge < -0.3 is 5.32 Å². The summed E-state index contributed by atoms with van der Waals surface area (Å²) in [6.45, 7) is 7.99. The molecule has 1 fully saturated rings. The van der Waals surface area contributed by atoms with Crippen molar-refractivity contribution in [1.29, 1.82) is 0 Å². The maximum absolute atomic E-state index is 12.5. The van der Waals surface area contributed by atoms with Gasteiger partial charge in [-0.25, -0.2) is 8.78 Å². The first-order valence-corrected chi connectivity index (χ1v) is 6.30. The van der Waals surface area contributed by atoms with Gasteiger partial charge in [0, 0.05) is 18.6 Å². The highest BCUT2D eigenvalue weighted by atomic mass is 19.3. The first-order chi connectivity index (χ1) is 7.54. The molecule has 0 aromatic heterocycles. The molecule has 0 aromatic carbocycles. The largest absolute Gasteiger partial charge is 0.312 e. The predicted molar refractivity (Wildman–Crippen MR) is 62.9 cm³/mol. The van der Waals surface area contributed by atoms with E-state index in [4.69, 9.17) is 0 Å². The molecule has 2 nitrogen and oxygen atoms in total. The molecule has 1 saturated heterocycles. The Kier molecular flexibility index (Phi) is 5.62. The predicted octanol–water partition coefficient (Wildman–Crippen LogP) is 2.35. The summed E-state index contributed by atoms with van der Waals surface area (Å²) in [5, 5.41) is 3.48. The van der Waals surface area contributed by atoms with Gasteiger partial charge in [-0.1, -0.05) is 20.3 Å². The zero-order valence-electron chi connectivity index (χ0n) is 10.5. The number of hydrogen-bond donors (Lipinski definition) is 1. The average molecular weight is 234 g/mol. The van der Waals surface area contributed by atoms with Gasteiger partial charge in [0.1, 0.15) is 0 Å². The second-order valence-corrected chi connectivity index (χ2v) is 4.93. The first-order valence-electron chi connectivity index (χ1n) is 6.30. The molecule has 16 heavy (non-hydrogen) atoms. The fraction of sp³-hybridized carbons (Fsp3) is 1.00. The van der Waals surface area contributed by atoms with Crippen LogP contribution in [0.1, 0.15) is 33.6 Å². The Hall–Kier alpha value is -0.220. The summed E-state index contributed by atoms with van der Waals surface area (Å²) in [6, 6.07) is 0.615. The van der Waals surface area contributed by atoms with Crippen LogP contribution in [0.5, 0.6) is 0 Å². The minimum atomic E-state index is -2.22. The highest BCUT2D eigenvalue weighted by molar-refractivity contribution is 4.83. The van der Waals surface area contributed by atoms with Gasteiger partial charge in [0.15, 0.2) is 0 Å². The quantitative estimate of drug-likeness (QED) is 0.803. The molecule has 1 aliphatic heterocycles. The highest BCUT2D eigenvalue weighted by Gasteiger charge is 2.27. The molecule has 3 unspecified atom stereocenters. The Balaban J connectivity index is 2.58. The maximum atomic E-state index is 12.5. The number of hydrogen-bond acceptors (Lipinski definition) is 2. The maximum Gasteiger partial charge on any atom is 0.251 e. The van der Waals surface area contributed by atoms with Crippen LogP contribution in [-0.4, -0.2) is 43.0 Å². The van der Waals surface area contributed by atoms with Crippen molar-refractivity contribution in [1.82, 2.24) is 10.2 Å². The van der Waals surface area contributed by atoms with Crippen LogP contribution in [0.25, 0.3) is 0 Å². The Morgan fingerprint density at radius 3 is 2.69 bits per heavy atom. The third kappa shape index (κ3) is 3.98. The molecule has 1 aliphatic rings. The lowest BCUT2D eigenvalue weighted by molar-refractivity contribution is 0.0653. The molecule has 0 aliphatic carbocycles. The van der Waals surface area contributed by atoms with Crippen molar-refractivity contribution in [3.8, 4) is 0 Å². The fourth-order valence-corrected chi connectivity index (χ4v) is 2.25. The smallest absolute Gasteiger partial charge is 0.251 e. The number of alkyl halides is 2. The summed E-state index contributed by atoms with van der Waals surface area (Å²) in [4.78, 5) is 1.93. The Bertz CT molecular complexity index is 199. The van der Waals surface area contributed by atoms with Crippen molar-refractivity contribution in [2.75, 3.05) is 19.6 Å². The van der Waals surface area contributed by atoms with Crippen LogP contribution in [0.4, 0.5) is 8.78 Å². The third-order valence-electron chi connectivity index (χ3n) is 3.73. The van der Waals surface area contributed by atoms with Crippen LogP contribution >= 0.6 is 0 Å². The first kappa shape index (κ1) is 13.8. The zero-order chi connectivity index (χ0) is 12.1. The van der Waals surface area contributed by atoms with Crippen LogP contribution in [0.3, 0.4) is 0 Å². The van der Waals surface area contributed by atoms with Crippen LogP contribution in [0, 0.1) is 5.92 Å². The Morgan fingerprint density at radius 1 is 1.44 bits per heavy atom. The van der Waals surface area contributed by atoms with E-state index in [1.54, 1.807) is 0 Å². The van der Waals surface area contributed by atoms with Gasteiger partial charge in [0.05, 0.1) is 6.54 Å². The van der Waals surface area contributed by atoms with Crippen LogP contribution < -0.4 is 5.32 Å². The highest BCUT2D eigenvalue weighted by Crippen LogP contribution is 2.16. The van der Waals surface area contributed by atoms with Crippen molar-refractivity contribution in [3.05, 3.63) is 0 Å². The van der Waals surface area contributed by atoms with E-state index in [1.807, 2.05) is 11.8 Å². The molecule has 0 bridgehead atoms. The summed E-state index contributed by atoms with van der Waals surface area (Å²) < 4.78 is 24.9. The lowest BCUT2D eigenvalue weighted by Gasteiger charge is -2.30. The number of halogens is 2. The van der Waals surface area contributed by atoms with Crippen molar-refractivity contribution < 1.29 is 8.78 Å². The molecule has 3 atom stereocenters. The van der Waals surface area contributed by atoms with E-state index in [0.29, 0.717) is 12.0 Å². The average Bonchev–Trinajstić information content (AvgIpc) is 2.40. The van der Waals surface area contributed by atoms with Crippen molar-refractivity contribution in [2.45, 2.75) is 52.1 Å². The minimum Gasteiger partial charge on any atom is -0.312 e. The molecular weight excluding hydrogens is 210 g/mol. The van der Waals surface area contributed by atoms with Crippen molar-refractivity contribution >= 4 is 0 Å². The molecule has 0 saturated carbocycles. The summed E-state index contributed by atoms with van der Waals surface area (Å²) in [6.07, 6.45) is -0.174. The van der Waals surface area contributed by atoms with Crippen molar-refractivity contribution in [3.63, 3.8) is 0 Å². The van der Waals surface area contributed by atoms with Gasteiger partial charge in [-0.2, -0.15) is 0 Å². The van der Waals surface area contributed by atoms with Gasteiger partial charge in [-0.15, -0.1) is 0 Å². The molecule has 0 aromatic rings. The van der Waals surface area contributed by atoms with E-state index < -0.39 is 6.43 Å². The van der Waals surface area contributed by atoms with E-state index in [0.717, 1.165) is 25.9 Å². The van der Waals surface area contributed by atoms with E-state index in [1.165, 1.54) is 0 Å². The molecule has 1 rings (SSSR count). The lowest BCUT2D eigenvalue weighted by Crippen LogP contribution is -2.45. The molecule has 0 radical (unpaired) electrons. The molecule has 1 heterocycles.